The van der Waals surface area contributed by atoms with E-state index in [9.17, 15) is 9.59 Å². The number of hydrogen-bond donors (Lipinski definition) is 0. The molecular weight excluding hydrogens is 244 g/mol. The molecule has 0 bridgehead atoms. The third-order valence-corrected chi connectivity index (χ3v) is 3.17. The van der Waals surface area contributed by atoms with Crippen molar-refractivity contribution < 1.29 is 14.3 Å². The Morgan fingerprint density at radius 2 is 2.05 bits per heavy atom. The van der Waals surface area contributed by atoms with Crippen LogP contribution in [0.4, 0.5) is 0 Å². The monoisotopic (exact) mass is 262 g/mol. The van der Waals surface area contributed by atoms with Gasteiger partial charge in [-0.2, -0.15) is 0 Å². The van der Waals surface area contributed by atoms with Crippen molar-refractivity contribution in [1.82, 2.24) is 9.88 Å². The average molecular weight is 262 g/mol. The van der Waals surface area contributed by atoms with Crippen molar-refractivity contribution in [3.63, 3.8) is 0 Å². The van der Waals surface area contributed by atoms with Crippen LogP contribution in [-0.4, -0.2) is 35.4 Å². The van der Waals surface area contributed by atoms with Crippen LogP contribution < -0.4 is 0 Å². The van der Waals surface area contributed by atoms with Gasteiger partial charge in [0.15, 0.2) is 0 Å². The molecule has 1 aliphatic rings. The maximum Gasteiger partial charge on any atom is 0.307 e. The van der Waals surface area contributed by atoms with Crippen LogP contribution in [0, 0.1) is 5.92 Å². The van der Waals surface area contributed by atoms with Gasteiger partial charge in [-0.05, 0) is 30.5 Å². The van der Waals surface area contributed by atoms with E-state index in [0.29, 0.717) is 13.1 Å². The van der Waals surface area contributed by atoms with Crippen molar-refractivity contribution in [2.45, 2.75) is 25.8 Å². The van der Waals surface area contributed by atoms with Gasteiger partial charge in [0.2, 0.25) is 5.91 Å². The molecule has 1 fully saturated rings. The highest BCUT2D eigenvalue weighted by Gasteiger charge is 2.33. The zero-order valence-corrected chi connectivity index (χ0v) is 11.0. The number of ether oxygens (including phenoxy) is 1. The molecule has 5 heteroatoms. The van der Waals surface area contributed by atoms with Crippen LogP contribution in [-0.2, 0) is 20.9 Å². The zero-order chi connectivity index (χ0) is 13.7. The topological polar surface area (TPSA) is 59.5 Å². The molecule has 1 amide bonds. The number of amides is 1. The molecule has 0 atom stereocenters. The van der Waals surface area contributed by atoms with Crippen LogP contribution in [0.5, 0.6) is 0 Å². The first kappa shape index (κ1) is 13.5. The van der Waals surface area contributed by atoms with Crippen molar-refractivity contribution in [3.8, 4) is 0 Å². The van der Waals surface area contributed by atoms with Gasteiger partial charge in [0.1, 0.15) is 0 Å². The van der Waals surface area contributed by atoms with Crippen molar-refractivity contribution in [2.75, 3.05) is 13.7 Å². The van der Waals surface area contributed by atoms with E-state index in [-0.39, 0.29) is 24.2 Å². The minimum atomic E-state index is -0.289. The summed E-state index contributed by atoms with van der Waals surface area (Å²) >= 11 is 0. The molecule has 19 heavy (non-hydrogen) atoms. The molecule has 0 unspecified atom stereocenters. The molecule has 0 aromatic carbocycles. The molecule has 1 aromatic heterocycles. The second-order valence-corrected chi connectivity index (χ2v) is 4.72. The van der Waals surface area contributed by atoms with Gasteiger partial charge in [-0.1, -0.05) is 0 Å². The molecule has 5 nitrogen and oxygen atoms in total. The summed E-state index contributed by atoms with van der Waals surface area (Å²) in [4.78, 5) is 29.1. The summed E-state index contributed by atoms with van der Waals surface area (Å²) in [6.45, 7) is 0.930. The molecule has 1 heterocycles. The summed E-state index contributed by atoms with van der Waals surface area (Å²) in [6.07, 6.45) is 5.57. The quantitative estimate of drug-likeness (QED) is 0.727. The predicted octanol–water partition coefficient (Wildman–Crippen LogP) is 1.38. The number of aromatic nitrogens is 1. The van der Waals surface area contributed by atoms with Crippen LogP contribution in [0.3, 0.4) is 0 Å². The maximum absolute atomic E-state index is 12.2. The average Bonchev–Trinajstić information content (AvgIpc) is 3.28. The normalized spacial score (nSPS) is 13.9. The van der Waals surface area contributed by atoms with Crippen molar-refractivity contribution in [1.29, 1.82) is 0 Å². The van der Waals surface area contributed by atoms with Gasteiger partial charge in [-0.15, -0.1) is 0 Å². The van der Waals surface area contributed by atoms with Crippen molar-refractivity contribution in [3.05, 3.63) is 30.1 Å². The first-order chi connectivity index (χ1) is 9.20. The SMILES string of the molecule is COC(=O)CCN(Cc1ccncc1)C(=O)C1CC1. The summed E-state index contributed by atoms with van der Waals surface area (Å²) in [5, 5.41) is 0. The van der Waals surface area contributed by atoms with Crippen LogP contribution in [0.2, 0.25) is 0 Å². The van der Waals surface area contributed by atoms with Gasteiger partial charge in [-0.3, -0.25) is 14.6 Å². The van der Waals surface area contributed by atoms with E-state index in [1.54, 1.807) is 17.3 Å². The summed E-state index contributed by atoms with van der Waals surface area (Å²) in [5.41, 5.74) is 1.02. The van der Waals surface area contributed by atoms with Gasteiger partial charge in [0.05, 0.1) is 13.5 Å². The highest BCUT2D eigenvalue weighted by atomic mass is 16.5. The van der Waals surface area contributed by atoms with Crippen LogP contribution in [0.1, 0.15) is 24.8 Å². The van der Waals surface area contributed by atoms with Gasteiger partial charge < -0.3 is 9.64 Å². The van der Waals surface area contributed by atoms with Crippen molar-refractivity contribution >= 4 is 11.9 Å². The molecule has 1 aromatic rings. The Morgan fingerprint density at radius 1 is 1.37 bits per heavy atom. The van der Waals surface area contributed by atoms with Crippen LogP contribution in [0.15, 0.2) is 24.5 Å². The van der Waals surface area contributed by atoms with Gasteiger partial charge >= 0.3 is 5.97 Å². The van der Waals surface area contributed by atoms with E-state index in [4.69, 9.17) is 0 Å². The fourth-order valence-electron chi connectivity index (χ4n) is 1.89. The summed E-state index contributed by atoms with van der Waals surface area (Å²) in [7, 11) is 1.36. The summed E-state index contributed by atoms with van der Waals surface area (Å²) < 4.78 is 4.62. The number of hydrogen-bond acceptors (Lipinski definition) is 4. The number of pyridine rings is 1. The largest absolute Gasteiger partial charge is 0.469 e. The third-order valence-electron chi connectivity index (χ3n) is 3.17. The van der Waals surface area contributed by atoms with Gasteiger partial charge in [-0.25, -0.2) is 0 Å². The number of methoxy groups -OCH3 is 1. The van der Waals surface area contributed by atoms with E-state index < -0.39 is 0 Å². The number of nitrogens with zero attached hydrogens (tertiary/aromatic N) is 2. The number of carbonyl (C=O) groups excluding carboxylic acids is 2. The van der Waals surface area contributed by atoms with Gasteiger partial charge in [0.25, 0.3) is 0 Å². The van der Waals surface area contributed by atoms with Crippen molar-refractivity contribution in [2.24, 2.45) is 5.92 Å². The predicted molar refractivity (Wildman–Crippen MR) is 69.0 cm³/mol. The lowest BCUT2D eigenvalue weighted by Gasteiger charge is -2.22. The molecule has 0 spiro atoms. The minimum absolute atomic E-state index is 0.140. The Hall–Kier alpha value is -1.91. The molecule has 0 radical (unpaired) electrons. The number of rotatable bonds is 6. The van der Waals surface area contributed by atoms with E-state index in [1.165, 1.54) is 7.11 Å². The fraction of sp³-hybridized carbons (Fsp3) is 0.500. The van der Waals surface area contributed by atoms with E-state index >= 15 is 0 Å². The molecule has 102 valence electrons. The molecule has 1 aliphatic carbocycles. The lowest BCUT2D eigenvalue weighted by Crippen LogP contribution is -2.33. The molecular formula is C14H18N2O3. The van der Waals surface area contributed by atoms with E-state index in [0.717, 1.165) is 18.4 Å². The minimum Gasteiger partial charge on any atom is -0.469 e. The Kier molecular flexibility index (Phi) is 4.49. The number of esters is 1. The standard InChI is InChI=1S/C14H18N2O3/c1-19-13(17)6-9-16(14(18)12-2-3-12)10-11-4-7-15-8-5-11/h4-5,7-8,12H,2-3,6,9-10H2,1H3. The first-order valence-corrected chi connectivity index (χ1v) is 6.45. The second kappa shape index (κ2) is 6.31. The molecule has 0 saturated heterocycles. The third kappa shape index (κ3) is 4.05. The highest BCUT2D eigenvalue weighted by molar-refractivity contribution is 5.81. The lowest BCUT2D eigenvalue weighted by atomic mass is 10.2. The summed E-state index contributed by atoms with van der Waals surface area (Å²) in [5.74, 6) is 0.00326. The van der Waals surface area contributed by atoms with E-state index in [2.05, 4.69) is 9.72 Å². The number of carbonyl (C=O) groups is 2. The molecule has 2 rings (SSSR count). The van der Waals surface area contributed by atoms with E-state index in [1.807, 2.05) is 12.1 Å². The van der Waals surface area contributed by atoms with Crippen LogP contribution >= 0.6 is 0 Å². The van der Waals surface area contributed by atoms with Crippen LogP contribution in [0.25, 0.3) is 0 Å². The Balaban J connectivity index is 1.97. The van der Waals surface area contributed by atoms with Gasteiger partial charge in [0, 0.05) is 31.4 Å². The lowest BCUT2D eigenvalue weighted by molar-refractivity contribution is -0.142. The highest BCUT2D eigenvalue weighted by Crippen LogP contribution is 2.31. The second-order valence-electron chi connectivity index (χ2n) is 4.72. The maximum atomic E-state index is 12.2. The Labute approximate surface area is 112 Å². The first-order valence-electron chi connectivity index (χ1n) is 6.45. The Morgan fingerprint density at radius 3 is 2.63 bits per heavy atom. The fourth-order valence-corrected chi connectivity index (χ4v) is 1.89. The Bertz CT molecular complexity index is 443. The molecule has 1 saturated carbocycles. The zero-order valence-electron chi connectivity index (χ0n) is 11.0. The molecule has 0 N–H and O–H groups in total. The smallest absolute Gasteiger partial charge is 0.307 e. The molecule has 0 aliphatic heterocycles. The summed E-state index contributed by atoms with van der Waals surface area (Å²) in [6, 6.07) is 3.76.